The summed E-state index contributed by atoms with van der Waals surface area (Å²) in [6.45, 7) is 6.88. The standard InChI is InChI=1S/C9H13F/c1-4-6-7-9(5-2)8(3)10/h4,6-7H,1,5H2,2-3H3/b7-6-,9-8+. The maximum absolute atomic E-state index is 12.5. The van der Waals surface area contributed by atoms with E-state index in [4.69, 9.17) is 0 Å². The maximum atomic E-state index is 12.5. The van der Waals surface area contributed by atoms with E-state index >= 15 is 0 Å². The zero-order valence-electron chi connectivity index (χ0n) is 6.52. The summed E-state index contributed by atoms with van der Waals surface area (Å²) in [4.78, 5) is 0. The van der Waals surface area contributed by atoms with E-state index < -0.39 is 0 Å². The van der Waals surface area contributed by atoms with E-state index in [-0.39, 0.29) is 5.83 Å². The molecule has 0 bridgehead atoms. The van der Waals surface area contributed by atoms with Crippen LogP contribution in [0.4, 0.5) is 4.39 Å². The molecule has 1 heteroatoms. The van der Waals surface area contributed by atoms with E-state index in [9.17, 15) is 4.39 Å². The Balaban J connectivity index is 4.23. The molecule has 0 atom stereocenters. The first-order valence-electron chi connectivity index (χ1n) is 3.36. The lowest BCUT2D eigenvalue weighted by molar-refractivity contribution is 0.626. The molecule has 0 heterocycles. The first kappa shape index (κ1) is 9.15. The second kappa shape index (κ2) is 4.98. The molecule has 0 aromatic heterocycles. The van der Waals surface area contributed by atoms with E-state index in [1.54, 1.807) is 18.2 Å². The fourth-order valence-corrected chi connectivity index (χ4v) is 0.660. The molecule has 10 heavy (non-hydrogen) atoms. The van der Waals surface area contributed by atoms with Gasteiger partial charge in [0.2, 0.25) is 0 Å². The van der Waals surface area contributed by atoms with Crippen LogP contribution in [0.1, 0.15) is 20.3 Å². The van der Waals surface area contributed by atoms with Crippen LogP contribution in [-0.4, -0.2) is 0 Å². The Morgan fingerprint density at radius 3 is 2.50 bits per heavy atom. The van der Waals surface area contributed by atoms with Gasteiger partial charge in [0, 0.05) is 0 Å². The van der Waals surface area contributed by atoms with Crippen molar-refractivity contribution in [1.29, 1.82) is 0 Å². The van der Waals surface area contributed by atoms with Crippen LogP contribution >= 0.6 is 0 Å². The molecule has 0 aliphatic rings. The Bertz CT molecular complexity index is 160. The third-order valence-electron chi connectivity index (χ3n) is 1.26. The quantitative estimate of drug-likeness (QED) is 0.527. The SMILES string of the molecule is C=C/C=C\C(CC)=C(/C)F. The molecule has 0 radical (unpaired) electrons. The fraction of sp³-hybridized carbons (Fsp3) is 0.333. The molecule has 0 rings (SSSR count). The van der Waals surface area contributed by atoms with Crippen LogP contribution in [-0.2, 0) is 0 Å². The van der Waals surface area contributed by atoms with Crippen molar-refractivity contribution in [3.63, 3.8) is 0 Å². The minimum absolute atomic E-state index is 0.111. The summed E-state index contributed by atoms with van der Waals surface area (Å²) in [5.41, 5.74) is 0.736. The second-order valence-electron chi connectivity index (χ2n) is 2.01. The molecule has 0 aliphatic carbocycles. The third-order valence-corrected chi connectivity index (χ3v) is 1.26. The van der Waals surface area contributed by atoms with Crippen LogP contribution in [0, 0.1) is 0 Å². The lowest BCUT2D eigenvalue weighted by Gasteiger charge is -1.94. The summed E-state index contributed by atoms with van der Waals surface area (Å²) >= 11 is 0. The van der Waals surface area contributed by atoms with Crippen molar-refractivity contribution in [3.05, 3.63) is 36.2 Å². The summed E-state index contributed by atoms with van der Waals surface area (Å²) in [7, 11) is 0. The third kappa shape index (κ3) is 3.23. The van der Waals surface area contributed by atoms with Gasteiger partial charge in [0.1, 0.15) is 0 Å². The minimum atomic E-state index is -0.111. The van der Waals surface area contributed by atoms with Crippen molar-refractivity contribution in [2.75, 3.05) is 0 Å². The Kier molecular flexibility index (Phi) is 4.55. The number of hydrogen-bond acceptors (Lipinski definition) is 0. The molecule has 0 nitrogen and oxygen atoms in total. The average Bonchev–Trinajstić information content (AvgIpc) is 1.89. The first-order chi connectivity index (χ1) is 4.72. The van der Waals surface area contributed by atoms with Crippen molar-refractivity contribution in [3.8, 4) is 0 Å². The molecule has 0 aliphatic heterocycles. The van der Waals surface area contributed by atoms with Gasteiger partial charge in [-0.15, -0.1) is 0 Å². The van der Waals surface area contributed by atoms with E-state index in [2.05, 4.69) is 6.58 Å². The lowest BCUT2D eigenvalue weighted by Crippen LogP contribution is -1.76. The number of hydrogen-bond donors (Lipinski definition) is 0. The average molecular weight is 140 g/mol. The van der Waals surface area contributed by atoms with Gasteiger partial charge in [0.15, 0.2) is 0 Å². The van der Waals surface area contributed by atoms with E-state index in [0.717, 1.165) is 12.0 Å². The van der Waals surface area contributed by atoms with Gasteiger partial charge in [-0.1, -0.05) is 31.7 Å². The number of halogens is 1. The summed E-state index contributed by atoms with van der Waals surface area (Å²) in [6, 6.07) is 0. The monoisotopic (exact) mass is 140 g/mol. The van der Waals surface area contributed by atoms with E-state index in [1.165, 1.54) is 6.92 Å². The zero-order chi connectivity index (χ0) is 7.98. The van der Waals surface area contributed by atoms with E-state index in [0.29, 0.717) is 0 Å². The van der Waals surface area contributed by atoms with Crippen LogP contribution < -0.4 is 0 Å². The topological polar surface area (TPSA) is 0 Å². The Labute approximate surface area is 61.8 Å². The van der Waals surface area contributed by atoms with Gasteiger partial charge >= 0.3 is 0 Å². The summed E-state index contributed by atoms with van der Waals surface area (Å²) in [5, 5.41) is 0. The highest BCUT2D eigenvalue weighted by Crippen LogP contribution is 2.10. The van der Waals surface area contributed by atoms with Crippen LogP contribution in [0.15, 0.2) is 36.2 Å². The van der Waals surface area contributed by atoms with E-state index in [1.807, 2.05) is 6.92 Å². The largest absolute Gasteiger partial charge is 0.212 e. The molecular formula is C9H13F. The van der Waals surface area contributed by atoms with Gasteiger partial charge in [-0.05, 0) is 18.9 Å². The first-order valence-corrected chi connectivity index (χ1v) is 3.36. The molecule has 0 saturated heterocycles. The highest BCUT2D eigenvalue weighted by atomic mass is 19.1. The van der Waals surface area contributed by atoms with Crippen LogP contribution in [0.2, 0.25) is 0 Å². The van der Waals surface area contributed by atoms with Crippen LogP contribution in [0.3, 0.4) is 0 Å². The molecule has 0 fully saturated rings. The summed E-state index contributed by atoms with van der Waals surface area (Å²) in [6.07, 6.45) is 5.84. The van der Waals surface area contributed by atoms with Crippen molar-refractivity contribution < 1.29 is 4.39 Å². The predicted octanol–water partition coefficient (Wildman–Crippen LogP) is 3.38. The molecule has 0 saturated carbocycles. The van der Waals surface area contributed by atoms with Crippen molar-refractivity contribution in [2.45, 2.75) is 20.3 Å². The summed E-state index contributed by atoms with van der Waals surface area (Å²) < 4.78 is 12.5. The molecule has 0 spiro atoms. The number of rotatable bonds is 3. The van der Waals surface area contributed by atoms with Gasteiger partial charge < -0.3 is 0 Å². The molecule has 0 aromatic carbocycles. The van der Waals surface area contributed by atoms with Crippen LogP contribution in [0.25, 0.3) is 0 Å². The highest BCUT2D eigenvalue weighted by Gasteiger charge is 1.92. The maximum Gasteiger partial charge on any atom is 0.1000 e. The molecule has 0 amide bonds. The van der Waals surface area contributed by atoms with Crippen molar-refractivity contribution in [2.24, 2.45) is 0 Å². The summed E-state index contributed by atoms with van der Waals surface area (Å²) in [5.74, 6) is -0.111. The van der Waals surface area contributed by atoms with Gasteiger partial charge in [-0.25, -0.2) is 4.39 Å². The van der Waals surface area contributed by atoms with Crippen molar-refractivity contribution >= 4 is 0 Å². The molecule has 56 valence electrons. The Morgan fingerprint density at radius 1 is 1.60 bits per heavy atom. The highest BCUT2D eigenvalue weighted by molar-refractivity contribution is 5.23. The predicted molar refractivity (Wildman–Crippen MR) is 43.4 cm³/mol. The smallest absolute Gasteiger partial charge is 0.1000 e. The Hall–Kier alpha value is -0.850. The van der Waals surface area contributed by atoms with Crippen molar-refractivity contribution in [1.82, 2.24) is 0 Å². The van der Waals surface area contributed by atoms with Gasteiger partial charge in [-0.2, -0.15) is 0 Å². The van der Waals surface area contributed by atoms with Gasteiger partial charge in [0.25, 0.3) is 0 Å². The van der Waals surface area contributed by atoms with Gasteiger partial charge in [-0.3, -0.25) is 0 Å². The normalized spacial score (nSPS) is 13.5. The number of allylic oxidation sites excluding steroid dienone is 5. The van der Waals surface area contributed by atoms with Gasteiger partial charge in [0.05, 0.1) is 5.83 Å². The lowest BCUT2D eigenvalue weighted by atomic mass is 10.2. The fourth-order valence-electron chi connectivity index (χ4n) is 0.660. The molecular weight excluding hydrogens is 127 g/mol. The molecule has 0 N–H and O–H groups in total. The zero-order valence-corrected chi connectivity index (χ0v) is 6.52. The Morgan fingerprint density at radius 2 is 2.20 bits per heavy atom. The van der Waals surface area contributed by atoms with Crippen LogP contribution in [0.5, 0.6) is 0 Å². The second-order valence-corrected chi connectivity index (χ2v) is 2.01. The molecule has 0 aromatic rings. The molecule has 0 unspecified atom stereocenters. The minimum Gasteiger partial charge on any atom is -0.212 e.